The highest BCUT2D eigenvalue weighted by atomic mass is 32.2. The van der Waals surface area contributed by atoms with Crippen LogP contribution in [0.25, 0.3) is 0 Å². The van der Waals surface area contributed by atoms with E-state index in [-0.39, 0.29) is 5.78 Å². The van der Waals surface area contributed by atoms with Crippen LogP contribution in [0.1, 0.15) is 21.5 Å². The van der Waals surface area contributed by atoms with Gasteiger partial charge in [0.15, 0.2) is 5.78 Å². The summed E-state index contributed by atoms with van der Waals surface area (Å²) in [5, 5.41) is 0. The lowest BCUT2D eigenvalue weighted by atomic mass is 10.1. The minimum absolute atomic E-state index is 0.134. The van der Waals surface area contributed by atoms with E-state index in [4.69, 9.17) is 4.74 Å². The Balaban J connectivity index is 1.71. The number of hydrogen-bond donors (Lipinski definition) is 0. The monoisotopic (exact) mass is 284 g/mol. The molecule has 0 N–H and O–H groups in total. The SMILES string of the molecule is Cc1ccc(SCC(=O)c2cccc3c2OCC3)cc1. The fraction of sp³-hybridized carbons (Fsp3) is 0.235. The predicted octanol–water partition coefficient (Wildman–Crippen LogP) is 3.90. The molecule has 102 valence electrons. The minimum Gasteiger partial charge on any atom is -0.492 e. The van der Waals surface area contributed by atoms with Gasteiger partial charge in [0.1, 0.15) is 5.75 Å². The van der Waals surface area contributed by atoms with E-state index in [2.05, 4.69) is 31.2 Å². The Morgan fingerprint density at radius 1 is 1.20 bits per heavy atom. The molecular formula is C17H16O2S. The van der Waals surface area contributed by atoms with Crippen molar-refractivity contribution in [2.75, 3.05) is 12.4 Å². The van der Waals surface area contributed by atoms with Gasteiger partial charge in [-0.3, -0.25) is 4.79 Å². The molecule has 1 aliphatic heterocycles. The van der Waals surface area contributed by atoms with Crippen molar-refractivity contribution in [1.29, 1.82) is 0 Å². The molecule has 1 heterocycles. The van der Waals surface area contributed by atoms with Gasteiger partial charge in [-0.15, -0.1) is 11.8 Å². The zero-order valence-electron chi connectivity index (χ0n) is 11.4. The van der Waals surface area contributed by atoms with Crippen LogP contribution in [0.5, 0.6) is 5.75 Å². The number of carbonyl (C=O) groups is 1. The summed E-state index contributed by atoms with van der Waals surface area (Å²) in [5.74, 6) is 1.37. The highest BCUT2D eigenvalue weighted by Crippen LogP contribution is 2.31. The quantitative estimate of drug-likeness (QED) is 0.629. The van der Waals surface area contributed by atoms with Gasteiger partial charge in [-0.05, 0) is 30.7 Å². The number of ether oxygens (including phenoxy) is 1. The van der Waals surface area contributed by atoms with Crippen LogP contribution in [0.2, 0.25) is 0 Å². The Labute approximate surface area is 123 Å². The fourth-order valence-electron chi connectivity index (χ4n) is 2.30. The molecule has 2 nitrogen and oxygen atoms in total. The lowest BCUT2D eigenvalue weighted by Gasteiger charge is -2.07. The molecule has 2 aromatic rings. The van der Waals surface area contributed by atoms with Crippen LogP contribution in [-0.4, -0.2) is 18.1 Å². The first-order chi connectivity index (χ1) is 9.74. The zero-order chi connectivity index (χ0) is 13.9. The van der Waals surface area contributed by atoms with Crippen molar-refractivity contribution in [1.82, 2.24) is 0 Å². The Bertz CT molecular complexity index is 632. The van der Waals surface area contributed by atoms with Gasteiger partial charge in [0.25, 0.3) is 0 Å². The van der Waals surface area contributed by atoms with Gasteiger partial charge in [-0.2, -0.15) is 0 Å². The standard InChI is InChI=1S/C17H16O2S/c1-12-5-7-14(8-6-12)20-11-16(18)15-4-2-3-13-9-10-19-17(13)15/h2-8H,9-11H2,1H3. The van der Waals surface area contributed by atoms with E-state index in [9.17, 15) is 4.79 Å². The van der Waals surface area contributed by atoms with Crippen molar-refractivity contribution in [3.8, 4) is 5.75 Å². The van der Waals surface area contributed by atoms with E-state index in [0.717, 1.165) is 28.2 Å². The number of hydrogen-bond acceptors (Lipinski definition) is 3. The number of thioether (sulfide) groups is 1. The maximum atomic E-state index is 12.3. The largest absolute Gasteiger partial charge is 0.492 e. The third kappa shape index (κ3) is 2.73. The molecule has 0 amide bonds. The number of aryl methyl sites for hydroxylation is 1. The summed E-state index contributed by atoms with van der Waals surface area (Å²) in [6.45, 7) is 2.74. The van der Waals surface area contributed by atoms with Crippen molar-refractivity contribution in [2.24, 2.45) is 0 Å². The van der Waals surface area contributed by atoms with Gasteiger partial charge in [-0.25, -0.2) is 0 Å². The van der Waals surface area contributed by atoms with Crippen molar-refractivity contribution in [3.63, 3.8) is 0 Å². The molecule has 0 atom stereocenters. The highest BCUT2D eigenvalue weighted by Gasteiger charge is 2.20. The lowest BCUT2D eigenvalue weighted by molar-refractivity contribution is 0.101. The normalized spacial score (nSPS) is 12.8. The molecule has 0 saturated carbocycles. The first kappa shape index (κ1) is 13.3. The Kier molecular flexibility index (Phi) is 3.79. The molecular weight excluding hydrogens is 268 g/mol. The number of rotatable bonds is 4. The van der Waals surface area contributed by atoms with E-state index in [0.29, 0.717) is 12.4 Å². The molecule has 3 rings (SSSR count). The summed E-state index contributed by atoms with van der Waals surface area (Å²) < 4.78 is 5.59. The molecule has 2 aromatic carbocycles. The van der Waals surface area contributed by atoms with Crippen LogP contribution >= 0.6 is 11.8 Å². The number of fused-ring (bicyclic) bond motifs is 1. The van der Waals surface area contributed by atoms with Crippen molar-refractivity contribution in [3.05, 3.63) is 59.2 Å². The molecule has 0 bridgehead atoms. The van der Waals surface area contributed by atoms with E-state index in [1.807, 2.05) is 18.2 Å². The summed E-state index contributed by atoms with van der Waals surface area (Å²) in [6, 6.07) is 14.1. The lowest BCUT2D eigenvalue weighted by Crippen LogP contribution is -2.04. The van der Waals surface area contributed by atoms with Gasteiger partial charge in [0.05, 0.1) is 17.9 Å². The number of benzene rings is 2. The minimum atomic E-state index is 0.134. The topological polar surface area (TPSA) is 26.3 Å². The maximum Gasteiger partial charge on any atom is 0.176 e. The van der Waals surface area contributed by atoms with Crippen LogP contribution in [0.3, 0.4) is 0 Å². The van der Waals surface area contributed by atoms with Crippen LogP contribution in [0.15, 0.2) is 47.4 Å². The Hall–Kier alpha value is -1.74. The summed E-state index contributed by atoms with van der Waals surface area (Å²) >= 11 is 1.57. The van der Waals surface area contributed by atoms with Gasteiger partial charge in [-0.1, -0.05) is 29.8 Å². The molecule has 20 heavy (non-hydrogen) atoms. The van der Waals surface area contributed by atoms with Gasteiger partial charge in [0, 0.05) is 11.3 Å². The van der Waals surface area contributed by atoms with Crippen LogP contribution in [0.4, 0.5) is 0 Å². The molecule has 3 heteroatoms. The summed E-state index contributed by atoms with van der Waals surface area (Å²) in [7, 11) is 0. The molecule has 1 aliphatic rings. The number of Topliss-reactive ketones (excluding diaryl/α,β-unsaturated/α-hetero) is 1. The summed E-state index contributed by atoms with van der Waals surface area (Å²) in [4.78, 5) is 13.5. The van der Waals surface area contributed by atoms with Crippen LogP contribution in [-0.2, 0) is 6.42 Å². The molecule has 0 spiro atoms. The molecule has 0 fully saturated rings. The van der Waals surface area contributed by atoms with Crippen molar-refractivity contribution in [2.45, 2.75) is 18.2 Å². The van der Waals surface area contributed by atoms with E-state index in [1.54, 1.807) is 11.8 Å². The summed E-state index contributed by atoms with van der Waals surface area (Å²) in [5.41, 5.74) is 3.10. The van der Waals surface area contributed by atoms with Crippen molar-refractivity contribution < 1.29 is 9.53 Å². The zero-order valence-corrected chi connectivity index (χ0v) is 12.2. The average molecular weight is 284 g/mol. The third-order valence-corrected chi connectivity index (χ3v) is 4.42. The van der Waals surface area contributed by atoms with E-state index in [1.165, 1.54) is 5.56 Å². The highest BCUT2D eigenvalue weighted by molar-refractivity contribution is 8.00. The van der Waals surface area contributed by atoms with E-state index >= 15 is 0 Å². The number of carbonyl (C=O) groups excluding carboxylic acids is 1. The summed E-state index contributed by atoms with van der Waals surface area (Å²) in [6.07, 6.45) is 0.904. The Morgan fingerprint density at radius 3 is 2.80 bits per heavy atom. The van der Waals surface area contributed by atoms with E-state index < -0.39 is 0 Å². The molecule has 0 aromatic heterocycles. The second-order valence-corrected chi connectivity index (χ2v) is 5.97. The fourth-order valence-corrected chi connectivity index (χ4v) is 3.08. The van der Waals surface area contributed by atoms with Crippen molar-refractivity contribution >= 4 is 17.5 Å². The Morgan fingerprint density at radius 2 is 2.00 bits per heavy atom. The first-order valence-corrected chi connectivity index (χ1v) is 7.70. The maximum absolute atomic E-state index is 12.3. The van der Waals surface area contributed by atoms with Crippen LogP contribution in [0, 0.1) is 6.92 Å². The molecule has 0 saturated heterocycles. The van der Waals surface area contributed by atoms with Gasteiger partial charge < -0.3 is 4.74 Å². The third-order valence-electron chi connectivity index (χ3n) is 3.41. The van der Waals surface area contributed by atoms with Crippen LogP contribution < -0.4 is 4.74 Å². The molecule has 0 radical (unpaired) electrons. The number of ketones is 1. The molecule has 0 unspecified atom stereocenters. The van der Waals surface area contributed by atoms with Gasteiger partial charge in [0.2, 0.25) is 0 Å². The molecule has 0 aliphatic carbocycles. The number of para-hydroxylation sites is 1. The van der Waals surface area contributed by atoms with Gasteiger partial charge >= 0.3 is 0 Å². The first-order valence-electron chi connectivity index (χ1n) is 6.71. The second kappa shape index (κ2) is 5.71. The second-order valence-electron chi connectivity index (χ2n) is 4.92. The predicted molar refractivity (Wildman–Crippen MR) is 81.9 cm³/mol. The smallest absolute Gasteiger partial charge is 0.176 e. The average Bonchev–Trinajstić information content (AvgIpc) is 2.94.